The van der Waals surface area contributed by atoms with E-state index in [1.165, 1.54) is 0 Å². The first kappa shape index (κ1) is 18.9. The van der Waals surface area contributed by atoms with Gasteiger partial charge in [-0.3, -0.25) is 9.59 Å². The van der Waals surface area contributed by atoms with Gasteiger partial charge in [-0.05, 0) is 38.5 Å². The van der Waals surface area contributed by atoms with Gasteiger partial charge in [0.15, 0.2) is 0 Å². The molecule has 1 amide bonds. The molecule has 0 aromatic heterocycles. The van der Waals surface area contributed by atoms with E-state index >= 15 is 0 Å². The minimum atomic E-state index is -0.492. The first-order chi connectivity index (χ1) is 9.03. The first-order valence-electron chi connectivity index (χ1n) is 7.51. The predicted octanol–water partition coefficient (Wildman–Crippen LogP) is 3.15. The molecule has 1 N–H and O–H groups in total. The molecule has 0 aliphatic carbocycles. The lowest BCUT2D eigenvalue weighted by atomic mass is 9.85. The minimum absolute atomic E-state index is 0.0813. The van der Waals surface area contributed by atoms with Crippen molar-refractivity contribution in [3.05, 3.63) is 0 Å². The zero-order valence-corrected chi connectivity index (χ0v) is 14.1. The molecule has 0 spiro atoms. The Morgan fingerprint density at radius 1 is 1.00 bits per heavy atom. The predicted molar refractivity (Wildman–Crippen MR) is 81.3 cm³/mol. The van der Waals surface area contributed by atoms with Crippen LogP contribution < -0.4 is 5.32 Å². The summed E-state index contributed by atoms with van der Waals surface area (Å²) in [5, 5.41) is 2.92. The Balaban J connectivity index is 4.03. The molecule has 0 rings (SSSR count). The fourth-order valence-electron chi connectivity index (χ4n) is 2.17. The summed E-state index contributed by atoms with van der Waals surface area (Å²) >= 11 is 0. The Bertz CT molecular complexity index is 308. The summed E-state index contributed by atoms with van der Waals surface area (Å²) in [4.78, 5) is 23.3. The second-order valence-electron chi connectivity index (χ2n) is 7.04. The van der Waals surface area contributed by atoms with Gasteiger partial charge in [-0.15, -0.1) is 0 Å². The third-order valence-corrected chi connectivity index (χ3v) is 3.22. The highest BCUT2D eigenvalue weighted by molar-refractivity contribution is 5.81. The maximum atomic E-state index is 11.7. The van der Waals surface area contributed by atoms with Gasteiger partial charge < -0.3 is 10.1 Å². The lowest BCUT2D eigenvalue weighted by Gasteiger charge is -2.25. The van der Waals surface area contributed by atoms with Crippen LogP contribution in [0.15, 0.2) is 0 Å². The summed E-state index contributed by atoms with van der Waals surface area (Å²) in [5.41, 5.74) is -0.492. The maximum Gasteiger partial charge on any atom is 0.306 e. The van der Waals surface area contributed by atoms with Crippen LogP contribution in [0.3, 0.4) is 0 Å². The first-order valence-corrected chi connectivity index (χ1v) is 7.51. The van der Waals surface area contributed by atoms with Gasteiger partial charge in [-0.2, -0.15) is 0 Å². The zero-order chi connectivity index (χ0) is 15.9. The van der Waals surface area contributed by atoms with E-state index in [-0.39, 0.29) is 24.7 Å². The fraction of sp³-hybridized carbons (Fsp3) is 0.875. The van der Waals surface area contributed by atoms with Gasteiger partial charge in [0, 0.05) is 13.0 Å². The molecule has 0 aromatic rings. The molecule has 20 heavy (non-hydrogen) atoms. The molecule has 0 bridgehead atoms. The molecule has 0 heterocycles. The molecule has 0 atom stereocenters. The van der Waals surface area contributed by atoms with Crippen LogP contribution in [0.2, 0.25) is 0 Å². The molecule has 0 radical (unpaired) electrons. The monoisotopic (exact) mass is 285 g/mol. The van der Waals surface area contributed by atoms with E-state index in [1.54, 1.807) is 0 Å². The van der Waals surface area contributed by atoms with Crippen molar-refractivity contribution >= 4 is 11.9 Å². The number of nitrogens with one attached hydrogen (secondary N) is 1. The number of hydrogen-bond donors (Lipinski definition) is 1. The molecule has 0 fully saturated rings. The van der Waals surface area contributed by atoms with Gasteiger partial charge in [0.25, 0.3) is 0 Å². The molecule has 4 nitrogen and oxygen atoms in total. The standard InChI is InChI=1S/C16H31NO3/c1-11(2)13(12(3)4)10-17-14(18)8-9-15(19)20-16(5,6)7/h11-13H,8-10H2,1-7H3,(H,17,18). The van der Waals surface area contributed by atoms with Crippen molar-refractivity contribution in [2.45, 2.75) is 66.9 Å². The van der Waals surface area contributed by atoms with E-state index in [0.717, 1.165) is 0 Å². The van der Waals surface area contributed by atoms with E-state index in [2.05, 4.69) is 33.0 Å². The Hall–Kier alpha value is -1.06. The van der Waals surface area contributed by atoms with E-state index in [4.69, 9.17) is 4.74 Å². The molecular weight excluding hydrogens is 254 g/mol. The number of carbonyl (C=O) groups is 2. The molecule has 0 aliphatic heterocycles. The number of amides is 1. The Kier molecular flexibility index (Phi) is 7.84. The Labute approximate surface area is 123 Å². The summed E-state index contributed by atoms with van der Waals surface area (Å²) in [6.07, 6.45) is 0.328. The van der Waals surface area contributed by atoms with Crippen molar-refractivity contribution in [1.29, 1.82) is 0 Å². The summed E-state index contributed by atoms with van der Waals surface area (Å²) in [6, 6.07) is 0. The van der Waals surface area contributed by atoms with Crippen LogP contribution in [-0.4, -0.2) is 24.0 Å². The third-order valence-electron chi connectivity index (χ3n) is 3.22. The van der Waals surface area contributed by atoms with Crippen molar-refractivity contribution in [3.8, 4) is 0 Å². The number of carbonyl (C=O) groups excluding carboxylic acids is 2. The van der Waals surface area contributed by atoms with Crippen LogP contribution in [0.1, 0.15) is 61.3 Å². The zero-order valence-electron chi connectivity index (χ0n) is 14.1. The van der Waals surface area contributed by atoms with Gasteiger partial charge in [0.2, 0.25) is 5.91 Å². The van der Waals surface area contributed by atoms with Crippen molar-refractivity contribution in [3.63, 3.8) is 0 Å². The molecule has 0 saturated heterocycles. The molecular formula is C16H31NO3. The van der Waals surface area contributed by atoms with E-state index in [0.29, 0.717) is 24.3 Å². The highest BCUT2D eigenvalue weighted by Crippen LogP contribution is 2.19. The normalized spacial score (nSPS) is 12.1. The maximum absolute atomic E-state index is 11.7. The molecule has 0 saturated carbocycles. The fourth-order valence-corrected chi connectivity index (χ4v) is 2.17. The highest BCUT2D eigenvalue weighted by Gasteiger charge is 2.19. The molecule has 0 aromatic carbocycles. The van der Waals surface area contributed by atoms with Gasteiger partial charge in [0.1, 0.15) is 5.60 Å². The number of ether oxygens (including phenoxy) is 1. The number of esters is 1. The van der Waals surface area contributed by atoms with Crippen molar-refractivity contribution in [2.75, 3.05) is 6.54 Å². The molecule has 4 heteroatoms. The second-order valence-corrected chi connectivity index (χ2v) is 7.04. The molecule has 0 unspecified atom stereocenters. The molecule has 0 aliphatic rings. The van der Waals surface area contributed by atoms with Crippen LogP contribution in [0.25, 0.3) is 0 Å². The van der Waals surface area contributed by atoms with Gasteiger partial charge in [0.05, 0.1) is 6.42 Å². The van der Waals surface area contributed by atoms with Crippen molar-refractivity contribution < 1.29 is 14.3 Å². The number of rotatable bonds is 7. The van der Waals surface area contributed by atoms with Crippen LogP contribution in [0.4, 0.5) is 0 Å². The largest absolute Gasteiger partial charge is 0.460 e. The smallest absolute Gasteiger partial charge is 0.306 e. The number of hydrogen-bond acceptors (Lipinski definition) is 3. The van der Waals surface area contributed by atoms with Crippen molar-refractivity contribution in [1.82, 2.24) is 5.32 Å². The van der Waals surface area contributed by atoms with Gasteiger partial charge in [-0.1, -0.05) is 27.7 Å². The second kappa shape index (κ2) is 8.28. The van der Waals surface area contributed by atoms with Crippen molar-refractivity contribution in [2.24, 2.45) is 17.8 Å². The quantitative estimate of drug-likeness (QED) is 0.731. The van der Waals surface area contributed by atoms with E-state index < -0.39 is 5.60 Å². The lowest BCUT2D eigenvalue weighted by Crippen LogP contribution is -2.34. The summed E-state index contributed by atoms with van der Waals surface area (Å²) in [6.45, 7) is 14.8. The van der Waals surface area contributed by atoms with Crippen LogP contribution in [0, 0.1) is 17.8 Å². The van der Waals surface area contributed by atoms with Crippen LogP contribution in [0.5, 0.6) is 0 Å². The van der Waals surface area contributed by atoms with E-state index in [9.17, 15) is 9.59 Å². The summed E-state index contributed by atoms with van der Waals surface area (Å²) < 4.78 is 5.17. The van der Waals surface area contributed by atoms with Gasteiger partial charge in [-0.25, -0.2) is 0 Å². The SMILES string of the molecule is CC(C)C(CNC(=O)CCC(=O)OC(C)(C)C)C(C)C. The van der Waals surface area contributed by atoms with Crippen LogP contribution >= 0.6 is 0 Å². The van der Waals surface area contributed by atoms with E-state index in [1.807, 2.05) is 20.8 Å². The third kappa shape index (κ3) is 8.94. The van der Waals surface area contributed by atoms with Crippen LogP contribution in [-0.2, 0) is 14.3 Å². The topological polar surface area (TPSA) is 55.4 Å². The van der Waals surface area contributed by atoms with Gasteiger partial charge >= 0.3 is 5.97 Å². The Morgan fingerprint density at radius 3 is 1.90 bits per heavy atom. The summed E-state index contributed by atoms with van der Waals surface area (Å²) in [7, 11) is 0. The minimum Gasteiger partial charge on any atom is -0.460 e. The summed E-state index contributed by atoms with van der Waals surface area (Å²) in [5.74, 6) is 1.11. The average molecular weight is 285 g/mol. The average Bonchev–Trinajstić information content (AvgIpc) is 2.23. The molecule has 118 valence electrons. The highest BCUT2D eigenvalue weighted by atomic mass is 16.6. The Morgan fingerprint density at radius 2 is 1.50 bits per heavy atom. The lowest BCUT2D eigenvalue weighted by molar-refractivity contribution is -0.155.